The zero-order valence-electron chi connectivity index (χ0n) is 69.8. The summed E-state index contributed by atoms with van der Waals surface area (Å²) in [5.74, 6) is 4.90. The third kappa shape index (κ3) is 27.1. The average Bonchev–Trinajstić information content (AvgIpc) is 1.29. The molecule has 0 saturated heterocycles. The molecule has 0 spiro atoms. The van der Waals surface area contributed by atoms with E-state index in [2.05, 4.69) is 334 Å². The summed E-state index contributed by atoms with van der Waals surface area (Å²) >= 11 is 6.44. The van der Waals surface area contributed by atoms with Gasteiger partial charge in [-0.2, -0.15) is 0 Å². The highest BCUT2D eigenvalue weighted by molar-refractivity contribution is 9.10. The van der Waals surface area contributed by atoms with Gasteiger partial charge in [0.25, 0.3) is 11.4 Å². The van der Waals surface area contributed by atoms with Gasteiger partial charge in [-0.15, -0.1) is 0 Å². The van der Waals surface area contributed by atoms with Crippen molar-refractivity contribution in [2.24, 2.45) is 23.5 Å². The third-order valence-corrected chi connectivity index (χ3v) is 30.4. The number of rotatable bonds is 21. The van der Waals surface area contributed by atoms with E-state index in [0.717, 1.165) is 75.6 Å². The standard InChI is InChI=1S/C39H32OP2.C20H27P.C17H18N2O2.C11H15N.C6H4BrNO2.C6H5Br.C5H11N/c1-39(2)33-25-15-27-35(41(29-17-7-3-8-18-29)30-19-9-4-10-20-30)37(33)40-38-34(39)26-16-28-36(38)42(31-21-11-5-12-22-31)32-23-13-6-14-24-32;1-19(2,3)21(20(4,5)6)18-15-11-10-14-17(18)16-12-8-7-9-13-16;20-19(21)17-8-4-7-16(13-17)18(12-11-14-9-10-14)15-5-2-1-3-6-15;1-2-4-11(5-3-1)12-9-8-10-6-7-10;7-5-2-1-3-6(4-5)8(9)10;7-6-4-2-1-3-5-6;6-4-3-5-1-2-5/h3-28H,1-2H3;7-15H,1-6H3;1-8,13-14H,9-12H2;1-5,10,12H,6-9H2;1-4H;1-5H;5H,1-4,6H2. The van der Waals surface area contributed by atoms with Gasteiger partial charge in [0, 0.05) is 90.5 Å². The molecule has 1 heterocycles. The second-order valence-corrected chi connectivity index (χ2v) is 42.7. The molecule has 3 fully saturated rings. The van der Waals surface area contributed by atoms with Gasteiger partial charge in [0.1, 0.15) is 11.5 Å². The van der Waals surface area contributed by atoms with Crippen LogP contribution in [0.15, 0.2) is 361 Å². The maximum absolute atomic E-state index is 11.0. The quantitative estimate of drug-likeness (QED) is 0.0412. The van der Waals surface area contributed by atoms with E-state index in [9.17, 15) is 20.2 Å². The van der Waals surface area contributed by atoms with Crippen molar-refractivity contribution in [2.75, 3.05) is 29.9 Å². The van der Waals surface area contributed by atoms with Crippen LogP contribution < -0.4 is 57.8 Å². The Kier molecular flexibility index (Phi) is 33.7. The summed E-state index contributed by atoms with van der Waals surface area (Å²) in [5, 5.41) is 34.4. The number of ether oxygens (including phenoxy) is 1. The van der Waals surface area contributed by atoms with Gasteiger partial charge >= 0.3 is 0 Å². The fourth-order valence-corrected chi connectivity index (χ4v) is 24.4. The van der Waals surface area contributed by atoms with Gasteiger partial charge in [-0.3, -0.25) is 20.2 Å². The first-order valence-corrected chi connectivity index (χ1v) is 47.0. The zero-order valence-corrected chi connectivity index (χ0v) is 75.6. The van der Waals surface area contributed by atoms with Crippen LogP contribution in [0.5, 0.6) is 11.5 Å². The molecular formula is C104H112Br2N5O5P3. The number of benzene rings is 13. The van der Waals surface area contributed by atoms with E-state index in [-0.39, 0.29) is 29.6 Å². The molecule has 0 radical (unpaired) electrons. The lowest BCUT2D eigenvalue weighted by atomic mass is 9.76. The van der Waals surface area contributed by atoms with Crippen molar-refractivity contribution >= 4 is 121 Å². The Morgan fingerprint density at radius 2 is 0.782 bits per heavy atom. The Hall–Kier alpha value is -9.73. The highest BCUT2D eigenvalue weighted by Gasteiger charge is 2.40. The zero-order chi connectivity index (χ0) is 84.2. The Morgan fingerprint density at radius 1 is 0.420 bits per heavy atom. The lowest BCUT2D eigenvalue weighted by molar-refractivity contribution is -0.385. The van der Waals surface area contributed by atoms with Crippen LogP contribution in [0.3, 0.4) is 0 Å². The molecule has 13 aromatic rings. The predicted molar refractivity (Wildman–Crippen MR) is 518 cm³/mol. The van der Waals surface area contributed by atoms with E-state index in [0.29, 0.717) is 10.3 Å². The number of non-ortho nitro benzene ring substituents is 2. The van der Waals surface area contributed by atoms with Crippen LogP contribution in [-0.2, 0) is 5.41 Å². The molecule has 3 saturated carbocycles. The SMILES string of the molecule is Brc1ccccc1.CC(C)(C)P(c1ccccc1-c1ccccc1)C(C)(C)C.CC1(C)c2cccc(P(c3ccccc3)c3ccccc3)c2Oc2c(P(c3ccccc3)c3ccccc3)cccc21.NCCC1CC1.O=[N+]([O-])c1cccc(Br)c1.O=[N+]([O-])c1cccc(N(CCC2CC2)c2ccccc2)c1.c1ccc(NCCC2CC2)cc1. The van der Waals surface area contributed by atoms with E-state index in [1.54, 1.807) is 24.3 Å². The number of fused-ring (bicyclic) bond motifs is 2. The van der Waals surface area contributed by atoms with Crippen LogP contribution in [-0.4, -0.2) is 39.8 Å². The number of anilines is 3. The van der Waals surface area contributed by atoms with Crippen molar-refractivity contribution in [1.82, 2.24) is 0 Å². The van der Waals surface area contributed by atoms with E-state index in [1.165, 1.54) is 135 Å². The Morgan fingerprint density at radius 3 is 1.18 bits per heavy atom. The maximum atomic E-state index is 11.0. The minimum atomic E-state index is -0.824. The molecule has 3 N–H and O–H groups in total. The van der Waals surface area contributed by atoms with Gasteiger partial charge in [0.2, 0.25) is 0 Å². The first-order valence-electron chi connectivity index (χ1n) is 41.4. The normalized spacial score (nSPS) is 13.4. The average molecular weight is 1760 g/mol. The van der Waals surface area contributed by atoms with Gasteiger partial charge in [-0.1, -0.05) is 413 Å². The molecule has 0 atom stereocenters. The predicted octanol–water partition coefficient (Wildman–Crippen LogP) is 26.7. The molecule has 0 bridgehead atoms. The summed E-state index contributed by atoms with van der Waals surface area (Å²) in [6.07, 6.45) is 12.2. The van der Waals surface area contributed by atoms with Crippen LogP contribution in [0, 0.1) is 38.0 Å². The molecule has 119 heavy (non-hydrogen) atoms. The number of nitrogens with two attached hydrogens (primary N) is 1. The van der Waals surface area contributed by atoms with Crippen LogP contribution in [0.4, 0.5) is 28.4 Å². The van der Waals surface area contributed by atoms with E-state index in [4.69, 9.17) is 10.5 Å². The number of nitro benzene ring substituents is 2. The fraction of sp³-hybridized carbons (Fsp3) is 0.250. The Balaban J connectivity index is 0.000000152. The molecule has 0 aromatic heterocycles. The Bertz CT molecular complexity index is 5030. The van der Waals surface area contributed by atoms with Crippen molar-refractivity contribution < 1.29 is 14.6 Å². The molecule has 612 valence electrons. The topological polar surface area (TPSA) is 137 Å². The molecule has 17 rings (SSSR count). The lowest BCUT2D eigenvalue weighted by Gasteiger charge is -2.42. The lowest BCUT2D eigenvalue weighted by Crippen LogP contribution is -2.32. The van der Waals surface area contributed by atoms with Crippen LogP contribution in [0.2, 0.25) is 0 Å². The molecular weight excluding hydrogens is 1650 g/mol. The molecule has 1 aliphatic heterocycles. The minimum absolute atomic E-state index is 0.106. The van der Waals surface area contributed by atoms with Crippen molar-refractivity contribution in [2.45, 2.75) is 129 Å². The molecule has 15 heteroatoms. The summed E-state index contributed by atoms with van der Waals surface area (Å²) in [6.45, 7) is 21.9. The van der Waals surface area contributed by atoms with Crippen molar-refractivity contribution in [1.29, 1.82) is 0 Å². The van der Waals surface area contributed by atoms with Gasteiger partial charge in [0.15, 0.2) is 0 Å². The summed E-state index contributed by atoms with van der Waals surface area (Å²) < 4.78 is 9.11. The highest BCUT2D eigenvalue weighted by atomic mass is 79.9. The number of hydrogen-bond acceptors (Lipinski definition) is 8. The van der Waals surface area contributed by atoms with Crippen molar-refractivity contribution in [3.8, 4) is 22.6 Å². The second-order valence-electron chi connectivity index (χ2n) is 32.7. The van der Waals surface area contributed by atoms with Gasteiger partial charge in [0.05, 0.1) is 9.85 Å². The van der Waals surface area contributed by atoms with E-state index >= 15 is 0 Å². The number of nitro groups is 2. The van der Waals surface area contributed by atoms with E-state index < -0.39 is 20.8 Å². The Labute approximate surface area is 727 Å². The number of para-hydroxylation sites is 4. The number of hydrogen-bond donors (Lipinski definition) is 2. The molecule has 10 nitrogen and oxygen atoms in total. The molecule has 13 aromatic carbocycles. The van der Waals surface area contributed by atoms with Gasteiger partial charge < -0.3 is 20.7 Å². The summed E-state index contributed by atoms with van der Waals surface area (Å²) in [7, 11) is -1.93. The highest BCUT2D eigenvalue weighted by Crippen LogP contribution is 2.60. The van der Waals surface area contributed by atoms with Crippen molar-refractivity contribution in [3.63, 3.8) is 0 Å². The summed E-state index contributed by atoms with van der Waals surface area (Å²) in [6, 6.07) is 121. The van der Waals surface area contributed by atoms with Crippen LogP contribution in [0.1, 0.15) is 124 Å². The maximum Gasteiger partial charge on any atom is 0.271 e. The van der Waals surface area contributed by atoms with Crippen LogP contribution in [0.25, 0.3) is 11.1 Å². The minimum Gasteiger partial charge on any atom is -0.455 e. The first-order chi connectivity index (χ1) is 57.5. The molecule has 3 aliphatic carbocycles. The number of nitrogens with zero attached hydrogens (tertiary/aromatic N) is 3. The number of halogens is 2. The van der Waals surface area contributed by atoms with Crippen LogP contribution >= 0.6 is 55.6 Å². The second kappa shape index (κ2) is 44.5. The molecule has 0 amide bonds. The van der Waals surface area contributed by atoms with E-state index in [1.807, 2.05) is 72.8 Å². The first kappa shape index (κ1) is 90.0. The van der Waals surface area contributed by atoms with Crippen molar-refractivity contribution in [3.05, 3.63) is 392 Å². The third-order valence-electron chi connectivity index (χ3n) is 20.9. The summed E-state index contributed by atoms with van der Waals surface area (Å²) in [5.41, 5.74) is 13.7. The monoisotopic (exact) mass is 1760 g/mol. The molecule has 0 unspecified atom stereocenters. The summed E-state index contributed by atoms with van der Waals surface area (Å²) in [4.78, 5) is 22.5. The number of nitrogens with one attached hydrogen (secondary N) is 1. The molecule has 4 aliphatic rings. The van der Waals surface area contributed by atoms with Gasteiger partial charge in [-0.25, -0.2) is 0 Å². The fourth-order valence-electron chi connectivity index (χ4n) is 14.8. The smallest absolute Gasteiger partial charge is 0.271 e. The largest absolute Gasteiger partial charge is 0.455 e. The van der Waals surface area contributed by atoms with Gasteiger partial charge in [-0.05, 0) is 156 Å².